The highest BCUT2D eigenvalue weighted by molar-refractivity contribution is 8.00. The van der Waals surface area contributed by atoms with Gasteiger partial charge in [-0.1, -0.05) is 25.6 Å². The molecule has 3 heterocycles. The number of anilines is 1. The second-order valence-electron chi connectivity index (χ2n) is 7.75. The van der Waals surface area contributed by atoms with Crippen LogP contribution >= 0.6 is 23.1 Å². The lowest BCUT2D eigenvalue weighted by atomic mass is 10.0. The van der Waals surface area contributed by atoms with Crippen molar-refractivity contribution in [3.05, 3.63) is 41.2 Å². The van der Waals surface area contributed by atoms with Gasteiger partial charge in [-0.25, -0.2) is 4.98 Å². The first kappa shape index (κ1) is 23.1. The zero-order valence-electron chi connectivity index (χ0n) is 18.6. The molecule has 0 aliphatic carbocycles. The maximum absolute atomic E-state index is 12.9. The molecule has 1 aliphatic heterocycles. The predicted octanol–water partition coefficient (Wildman–Crippen LogP) is 3.25. The molecule has 0 bridgehead atoms. The lowest BCUT2D eigenvalue weighted by Gasteiger charge is -2.22. The van der Waals surface area contributed by atoms with Gasteiger partial charge in [-0.15, -0.1) is 21.5 Å². The summed E-state index contributed by atoms with van der Waals surface area (Å²) in [7, 11) is 1.82. The molecule has 33 heavy (non-hydrogen) atoms. The van der Waals surface area contributed by atoms with Gasteiger partial charge in [0.25, 0.3) is 5.91 Å². The molecule has 10 nitrogen and oxygen atoms in total. The van der Waals surface area contributed by atoms with Crippen molar-refractivity contribution in [1.82, 2.24) is 25.1 Å². The predicted molar refractivity (Wildman–Crippen MR) is 125 cm³/mol. The molecule has 2 amide bonds. The number of nitrogens with zero attached hydrogens (tertiary/aromatic N) is 4. The van der Waals surface area contributed by atoms with E-state index in [2.05, 4.69) is 25.8 Å². The molecular formula is C21H24N6O4S2. The van der Waals surface area contributed by atoms with Gasteiger partial charge in [-0.3, -0.25) is 9.59 Å². The van der Waals surface area contributed by atoms with Crippen molar-refractivity contribution < 1.29 is 19.1 Å². The third-order valence-electron chi connectivity index (χ3n) is 5.05. The van der Waals surface area contributed by atoms with Gasteiger partial charge in [0.2, 0.25) is 12.7 Å². The summed E-state index contributed by atoms with van der Waals surface area (Å²) in [5.41, 5.74) is 0.467. The number of nitrogens with one attached hydrogen (secondary N) is 2. The molecule has 174 valence electrons. The largest absolute Gasteiger partial charge is 0.454 e. The summed E-state index contributed by atoms with van der Waals surface area (Å²) < 4.78 is 12.5. The van der Waals surface area contributed by atoms with E-state index in [4.69, 9.17) is 9.47 Å². The van der Waals surface area contributed by atoms with Gasteiger partial charge in [0.15, 0.2) is 27.6 Å². The molecule has 0 fully saturated rings. The first-order valence-electron chi connectivity index (χ1n) is 10.3. The number of fused-ring (bicyclic) bond motifs is 1. The molecule has 2 aromatic heterocycles. The molecule has 0 saturated heterocycles. The Morgan fingerprint density at radius 2 is 1.97 bits per heavy atom. The lowest BCUT2D eigenvalue weighted by Crippen LogP contribution is -2.33. The molecule has 4 rings (SSSR count). The normalized spacial score (nSPS) is 14.2. The van der Waals surface area contributed by atoms with Crippen LogP contribution in [0.15, 0.2) is 34.9 Å². The summed E-state index contributed by atoms with van der Waals surface area (Å²) >= 11 is 2.65. The number of aromatic nitrogens is 4. The first-order valence-corrected chi connectivity index (χ1v) is 12.1. The summed E-state index contributed by atoms with van der Waals surface area (Å²) in [4.78, 5) is 29.5. The van der Waals surface area contributed by atoms with Gasteiger partial charge in [0.1, 0.15) is 0 Å². The Kier molecular flexibility index (Phi) is 6.84. The zero-order valence-corrected chi connectivity index (χ0v) is 20.2. The van der Waals surface area contributed by atoms with Crippen LogP contribution < -0.4 is 20.1 Å². The summed E-state index contributed by atoms with van der Waals surface area (Å²) in [6.07, 6.45) is 1.64. The third kappa shape index (κ3) is 5.11. The third-order valence-corrected chi connectivity index (χ3v) is 6.87. The van der Waals surface area contributed by atoms with Crippen molar-refractivity contribution in [2.75, 3.05) is 12.1 Å². The lowest BCUT2D eigenvalue weighted by molar-refractivity contribution is -0.115. The van der Waals surface area contributed by atoms with E-state index in [0.717, 1.165) is 0 Å². The van der Waals surface area contributed by atoms with Crippen LogP contribution in [0.2, 0.25) is 0 Å². The van der Waals surface area contributed by atoms with E-state index in [1.165, 1.54) is 23.1 Å². The Balaban J connectivity index is 1.46. The number of thioether (sulfide) groups is 1. The number of ether oxygens (including phenoxy) is 2. The van der Waals surface area contributed by atoms with Crippen molar-refractivity contribution in [3.8, 4) is 11.5 Å². The second kappa shape index (κ2) is 9.79. The minimum absolute atomic E-state index is 0.0503. The average Bonchev–Trinajstić information content (AvgIpc) is 3.54. The van der Waals surface area contributed by atoms with Crippen molar-refractivity contribution >= 4 is 40.0 Å². The fraction of sp³-hybridized carbons (Fsp3) is 0.381. The zero-order chi connectivity index (χ0) is 23.5. The Bertz CT molecular complexity index is 1150. The number of amides is 2. The molecule has 2 atom stereocenters. The number of hydrogen-bond acceptors (Lipinski definition) is 9. The Morgan fingerprint density at radius 1 is 1.18 bits per heavy atom. The van der Waals surface area contributed by atoms with Crippen molar-refractivity contribution in [2.24, 2.45) is 13.0 Å². The Morgan fingerprint density at radius 3 is 2.70 bits per heavy atom. The van der Waals surface area contributed by atoms with Crippen LogP contribution in [0, 0.1) is 5.92 Å². The van der Waals surface area contributed by atoms with Crippen molar-refractivity contribution in [1.29, 1.82) is 0 Å². The smallest absolute Gasteiger partial charge is 0.252 e. The van der Waals surface area contributed by atoms with Gasteiger partial charge >= 0.3 is 0 Å². The van der Waals surface area contributed by atoms with Crippen LogP contribution in [0.5, 0.6) is 11.5 Å². The van der Waals surface area contributed by atoms with Crippen LogP contribution in [-0.2, 0) is 11.8 Å². The van der Waals surface area contributed by atoms with E-state index >= 15 is 0 Å². The molecule has 1 aliphatic rings. The van der Waals surface area contributed by atoms with Gasteiger partial charge < -0.3 is 24.7 Å². The maximum atomic E-state index is 12.9. The number of rotatable bonds is 8. The number of carbonyl (C=O) groups excluding carboxylic acids is 2. The van der Waals surface area contributed by atoms with Crippen LogP contribution in [0.3, 0.4) is 0 Å². The second-order valence-corrected chi connectivity index (χ2v) is 9.95. The highest BCUT2D eigenvalue weighted by Crippen LogP contribution is 2.33. The SMILES string of the molecule is CC(C)[C@H](NC(=O)c1ccc2c(c1)OCO2)c1nnc(S[C@H](C)C(=O)Nc2nccs2)n1C. The van der Waals surface area contributed by atoms with E-state index in [1.54, 1.807) is 36.7 Å². The van der Waals surface area contributed by atoms with Gasteiger partial charge in [-0.05, 0) is 31.0 Å². The van der Waals surface area contributed by atoms with Crippen molar-refractivity contribution in [3.63, 3.8) is 0 Å². The number of benzene rings is 1. The maximum Gasteiger partial charge on any atom is 0.252 e. The minimum atomic E-state index is -0.412. The molecule has 2 N–H and O–H groups in total. The van der Waals surface area contributed by atoms with Crippen LogP contribution in [-0.4, -0.2) is 43.6 Å². The fourth-order valence-electron chi connectivity index (χ4n) is 3.20. The van der Waals surface area contributed by atoms with E-state index < -0.39 is 5.25 Å². The highest BCUT2D eigenvalue weighted by Gasteiger charge is 2.27. The summed E-state index contributed by atoms with van der Waals surface area (Å²) in [6.45, 7) is 5.93. The molecule has 3 aromatic rings. The van der Waals surface area contributed by atoms with E-state index in [9.17, 15) is 9.59 Å². The van der Waals surface area contributed by atoms with Gasteiger partial charge in [-0.2, -0.15) is 0 Å². The first-order chi connectivity index (χ1) is 15.8. The average molecular weight is 489 g/mol. The molecule has 0 unspecified atom stereocenters. The van der Waals surface area contributed by atoms with Crippen LogP contribution in [0.25, 0.3) is 0 Å². The molecule has 12 heteroatoms. The molecular weight excluding hydrogens is 464 g/mol. The highest BCUT2D eigenvalue weighted by atomic mass is 32.2. The van der Waals surface area contributed by atoms with Gasteiger partial charge in [0.05, 0.1) is 11.3 Å². The monoisotopic (exact) mass is 488 g/mol. The number of thiazole rings is 1. The standard InChI is InChI=1S/C21H24N6O4S2/c1-11(2)16(23-19(29)13-5-6-14-15(9-13)31-10-30-14)17-25-26-21(27(17)4)33-12(3)18(28)24-20-22-7-8-32-20/h5-9,11-12,16H,10H2,1-4H3,(H,23,29)(H,22,24,28)/t12-,16+/m1/s1. The van der Waals surface area contributed by atoms with Crippen molar-refractivity contribution in [2.45, 2.75) is 37.2 Å². The number of carbonyl (C=O) groups is 2. The van der Waals surface area contributed by atoms with Crippen LogP contribution in [0.1, 0.15) is 43.0 Å². The molecule has 0 saturated carbocycles. The minimum Gasteiger partial charge on any atom is -0.454 e. The number of hydrogen-bond donors (Lipinski definition) is 2. The molecule has 1 aromatic carbocycles. The van der Waals surface area contributed by atoms with E-state index in [-0.39, 0.29) is 30.6 Å². The quantitative estimate of drug-likeness (QED) is 0.464. The van der Waals surface area contributed by atoms with E-state index in [1.807, 2.05) is 25.5 Å². The summed E-state index contributed by atoms with van der Waals surface area (Å²) in [5.74, 6) is 1.40. The van der Waals surface area contributed by atoms with Crippen LogP contribution in [0.4, 0.5) is 5.13 Å². The summed E-state index contributed by atoms with van der Waals surface area (Å²) in [5, 5.41) is 16.9. The van der Waals surface area contributed by atoms with E-state index in [0.29, 0.717) is 33.2 Å². The summed E-state index contributed by atoms with van der Waals surface area (Å²) in [6, 6.07) is 4.70. The van der Waals surface area contributed by atoms with Gasteiger partial charge in [0, 0.05) is 24.2 Å². The topological polar surface area (TPSA) is 120 Å². The molecule has 0 radical (unpaired) electrons. The molecule has 0 spiro atoms. The fourth-order valence-corrected chi connectivity index (χ4v) is 4.55. The Hall–Kier alpha value is -3.12. The Labute approximate surface area is 199 Å².